The van der Waals surface area contributed by atoms with Crippen LogP contribution >= 0.6 is 0 Å². The number of nitrogens with one attached hydrogen (secondary N) is 4. The van der Waals surface area contributed by atoms with E-state index in [4.69, 9.17) is 19.0 Å². The standard InChI is InChI=1S/C11H16N4/c1-9(12)15-11(13)14-8-7-10-5-3-2-4-6-10/h2-6H,7-8H2,1H3,(H4,12,13,14,15)/i2D,3D,4D,5D,7D2. The summed E-state index contributed by atoms with van der Waals surface area (Å²) in [6.07, 6.45) is -2.10. The summed E-state index contributed by atoms with van der Waals surface area (Å²) in [5, 5.41) is 19.4. The van der Waals surface area contributed by atoms with E-state index >= 15 is 0 Å². The summed E-state index contributed by atoms with van der Waals surface area (Å²) in [4.78, 5) is 0. The van der Waals surface area contributed by atoms with E-state index in [9.17, 15) is 0 Å². The summed E-state index contributed by atoms with van der Waals surface area (Å²) in [6.45, 7) is 1.06. The van der Waals surface area contributed by atoms with Crippen LogP contribution in [0.5, 0.6) is 0 Å². The van der Waals surface area contributed by atoms with Gasteiger partial charge in [0, 0.05) is 9.29 Å². The zero-order valence-electron chi connectivity index (χ0n) is 14.3. The van der Waals surface area contributed by atoms with E-state index in [0.29, 0.717) is 0 Å². The van der Waals surface area contributed by atoms with Crippen LogP contribution in [-0.4, -0.2) is 18.3 Å². The summed E-state index contributed by atoms with van der Waals surface area (Å²) in [7, 11) is 0. The fraction of sp³-hybridized carbons (Fsp3) is 0.273. The van der Waals surface area contributed by atoms with Gasteiger partial charge in [-0.25, -0.2) is 0 Å². The van der Waals surface area contributed by atoms with Crippen molar-refractivity contribution in [3.05, 3.63) is 35.8 Å². The van der Waals surface area contributed by atoms with Gasteiger partial charge in [-0.05, 0) is 18.9 Å². The monoisotopic (exact) mass is 210 g/mol. The van der Waals surface area contributed by atoms with Crippen LogP contribution in [0.2, 0.25) is 0 Å². The van der Waals surface area contributed by atoms with Gasteiger partial charge in [-0.1, -0.05) is 30.2 Å². The molecule has 0 amide bonds. The molecule has 1 rings (SSSR count). The minimum Gasteiger partial charge on any atom is -0.356 e. The van der Waals surface area contributed by atoms with Gasteiger partial charge in [-0.3, -0.25) is 10.8 Å². The van der Waals surface area contributed by atoms with Crippen molar-refractivity contribution in [3.63, 3.8) is 0 Å². The van der Waals surface area contributed by atoms with Gasteiger partial charge in [-0.2, -0.15) is 0 Å². The Morgan fingerprint density at radius 1 is 1.47 bits per heavy atom. The maximum atomic E-state index is 7.93. The van der Waals surface area contributed by atoms with Gasteiger partial charge < -0.3 is 10.6 Å². The van der Waals surface area contributed by atoms with E-state index in [1.807, 2.05) is 0 Å². The molecule has 0 aliphatic carbocycles. The first-order valence-corrected chi connectivity index (χ1v) is 4.28. The SMILES string of the molecule is [2H]c1cc(C([2H])([2H])CNC(=N)NC(C)=N)c([2H])c([2H])c1[2H]. The van der Waals surface area contributed by atoms with Gasteiger partial charge in [0.2, 0.25) is 0 Å². The predicted octanol–water partition coefficient (Wildman–Crippen LogP) is 1.34. The number of amidine groups is 1. The summed E-state index contributed by atoms with van der Waals surface area (Å²) < 4.78 is 46.1. The first-order valence-electron chi connectivity index (χ1n) is 7.28. The van der Waals surface area contributed by atoms with Crippen LogP contribution < -0.4 is 10.6 Å². The molecule has 0 unspecified atom stereocenters. The number of benzene rings is 1. The second-order valence-electron chi connectivity index (χ2n) is 2.73. The number of guanidine groups is 1. The third kappa shape index (κ3) is 4.81. The molecular weight excluding hydrogens is 188 g/mol. The molecule has 4 N–H and O–H groups in total. The van der Waals surface area contributed by atoms with Crippen molar-refractivity contribution in [2.75, 3.05) is 6.54 Å². The lowest BCUT2D eigenvalue weighted by atomic mass is 10.1. The Kier molecular flexibility index (Phi) is 2.05. The molecule has 15 heavy (non-hydrogen) atoms. The van der Waals surface area contributed by atoms with Crippen LogP contribution in [0.15, 0.2) is 30.2 Å². The number of rotatable bonds is 3. The minimum absolute atomic E-state index is 0.0229. The van der Waals surface area contributed by atoms with E-state index in [1.165, 1.54) is 6.92 Å². The maximum absolute atomic E-state index is 7.93. The average Bonchev–Trinajstić information content (AvgIpc) is 2.37. The molecule has 0 spiro atoms. The van der Waals surface area contributed by atoms with Crippen LogP contribution in [0.1, 0.15) is 20.7 Å². The molecule has 4 nitrogen and oxygen atoms in total. The molecule has 0 saturated carbocycles. The quantitative estimate of drug-likeness (QED) is 0.449. The molecule has 0 fully saturated rings. The summed E-state index contributed by atoms with van der Waals surface area (Å²) >= 11 is 0. The first kappa shape index (κ1) is 5.30. The van der Waals surface area contributed by atoms with Crippen LogP contribution in [-0.2, 0) is 6.37 Å². The van der Waals surface area contributed by atoms with Gasteiger partial charge in [0.25, 0.3) is 0 Å². The highest BCUT2D eigenvalue weighted by Gasteiger charge is 1.95. The molecule has 4 heteroatoms. The Hall–Kier alpha value is -1.84. The third-order valence-electron chi connectivity index (χ3n) is 1.40. The zero-order valence-corrected chi connectivity index (χ0v) is 8.28. The van der Waals surface area contributed by atoms with Crippen LogP contribution in [0.3, 0.4) is 0 Å². The van der Waals surface area contributed by atoms with E-state index in [-0.39, 0.29) is 29.9 Å². The largest absolute Gasteiger partial charge is 0.356 e. The van der Waals surface area contributed by atoms with Crippen molar-refractivity contribution in [2.45, 2.75) is 13.3 Å². The maximum Gasteiger partial charge on any atom is 0.193 e. The van der Waals surface area contributed by atoms with Crippen molar-refractivity contribution in [1.82, 2.24) is 10.6 Å². The van der Waals surface area contributed by atoms with E-state index in [0.717, 1.165) is 6.07 Å². The van der Waals surface area contributed by atoms with Gasteiger partial charge >= 0.3 is 0 Å². The molecule has 0 aliphatic rings. The second-order valence-corrected chi connectivity index (χ2v) is 2.73. The van der Waals surface area contributed by atoms with Crippen LogP contribution in [0.4, 0.5) is 0 Å². The molecule has 0 aliphatic heterocycles. The topological polar surface area (TPSA) is 71.8 Å². The summed E-state index contributed by atoms with van der Waals surface area (Å²) in [5.41, 5.74) is -0.180. The van der Waals surface area contributed by atoms with E-state index < -0.39 is 24.5 Å². The molecule has 0 atom stereocenters. The zero-order chi connectivity index (χ0) is 16.4. The molecule has 0 aromatic heterocycles. The van der Waals surface area contributed by atoms with Gasteiger partial charge in [0.1, 0.15) is 0 Å². The van der Waals surface area contributed by atoms with Crippen molar-refractivity contribution in [1.29, 1.82) is 10.8 Å². The highest BCUT2D eigenvalue weighted by molar-refractivity contribution is 5.95. The lowest BCUT2D eigenvalue weighted by Crippen LogP contribution is -2.39. The van der Waals surface area contributed by atoms with Gasteiger partial charge in [0.15, 0.2) is 5.96 Å². The lowest BCUT2D eigenvalue weighted by molar-refractivity contribution is 0.842. The molecule has 0 radical (unpaired) electrons. The van der Waals surface area contributed by atoms with Crippen LogP contribution in [0.25, 0.3) is 0 Å². The number of hydrogen-bond donors (Lipinski definition) is 4. The smallest absolute Gasteiger partial charge is 0.193 e. The summed E-state index contributed by atoms with van der Waals surface area (Å²) in [6, 6.07) is -0.612. The third-order valence-corrected chi connectivity index (χ3v) is 1.40. The number of hydrogen-bond acceptors (Lipinski definition) is 2. The molecule has 0 bridgehead atoms. The van der Waals surface area contributed by atoms with Crippen molar-refractivity contribution in [2.24, 2.45) is 0 Å². The molecule has 1 aromatic carbocycles. The lowest BCUT2D eigenvalue weighted by Gasteiger charge is -2.08. The van der Waals surface area contributed by atoms with Gasteiger partial charge in [-0.15, -0.1) is 0 Å². The van der Waals surface area contributed by atoms with E-state index in [2.05, 4.69) is 10.6 Å². The molecular formula is C11H16N4. The highest BCUT2D eigenvalue weighted by atomic mass is 15.1. The van der Waals surface area contributed by atoms with Crippen molar-refractivity contribution in [3.8, 4) is 0 Å². The molecule has 0 heterocycles. The predicted molar refractivity (Wildman–Crippen MR) is 62.4 cm³/mol. The van der Waals surface area contributed by atoms with Crippen LogP contribution in [0, 0.1) is 10.8 Å². The fourth-order valence-electron chi connectivity index (χ4n) is 0.834. The first-order chi connectivity index (χ1) is 9.56. The Morgan fingerprint density at radius 3 is 3.00 bits per heavy atom. The second kappa shape index (κ2) is 5.80. The normalized spacial score (nSPS) is 16.1. The summed E-state index contributed by atoms with van der Waals surface area (Å²) in [5.74, 6) is -0.234. The van der Waals surface area contributed by atoms with Crippen molar-refractivity contribution < 1.29 is 8.22 Å². The minimum atomic E-state index is -2.10. The van der Waals surface area contributed by atoms with E-state index in [1.54, 1.807) is 0 Å². The molecule has 0 saturated heterocycles. The Balaban J connectivity index is 2.98. The highest BCUT2D eigenvalue weighted by Crippen LogP contribution is 1.97. The molecule has 80 valence electrons. The Labute approximate surface area is 98.2 Å². The van der Waals surface area contributed by atoms with Crippen molar-refractivity contribution >= 4 is 11.8 Å². The Bertz CT molecular complexity index is 587. The molecule has 1 aromatic rings. The fourth-order valence-corrected chi connectivity index (χ4v) is 0.834. The average molecular weight is 210 g/mol. The van der Waals surface area contributed by atoms with Gasteiger partial charge in [0.05, 0.1) is 11.3 Å². The Morgan fingerprint density at radius 2 is 2.27 bits per heavy atom.